The molecule has 0 radical (unpaired) electrons. The smallest absolute Gasteiger partial charge is 0.0324 e. The molecule has 0 spiro atoms. The van der Waals surface area contributed by atoms with Gasteiger partial charge in [0.2, 0.25) is 0 Å². The fourth-order valence-electron chi connectivity index (χ4n) is 1.38. The number of hydrogen-bond acceptors (Lipinski definition) is 1. The third-order valence-corrected chi connectivity index (χ3v) is 2.98. The molecular weight excluding hydrogens is 214 g/mol. The van der Waals surface area contributed by atoms with E-state index in [1.807, 2.05) is 0 Å². The molecule has 1 aliphatic rings. The fraction of sp³-hybridized carbons (Fsp3) is 0.400. The second-order valence-corrected chi connectivity index (χ2v) is 3.87. The van der Waals surface area contributed by atoms with Crippen molar-refractivity contribution in [2.45, 2.75) is 12.6 Å². The molecule has 1 fully saturated rings. The van der Waals surface area contributed by atoms with Gasteiger partial charge in [-0.25, -0.2) is 0 Å². The monoisotopic (exact) mass is 225 g/mol. The van der Waals surface area contributed by atoms with Gasteiger partial charge in [0.05, 0.1) is 0 Å². The lowest BCUT2D eigenvalue weighted by Crippen LogP contribution is -2.02. The zero-order chi connectivity index (χ0) is 8.39. The van der Waals surface area contributed by atoms with Crippen molar-refractivity contribution in [2.75, 3.05) is 11.9 Å². The van der Waals surface area contributed by atoms with E-state index in [0.29, 0.717) is 0 Å². The molecule has 0 aromatic heterocycles. The summed E-state index contributed by atoms with van der Waals surface area (Å²) < 4.78 is 0. The predicted molar refractivity (Wildman–Crippen MR) is 54.4 cm³/mol. The van der Waals surface area contributed by atoms with Gasteiger partial charge in [-0.15, -0.1) is 0 Å². The van der Waals surface area contributed by atoms with Crippen LogP contribution in [0.2, 0.25) is 0 Å². The Morgan fingerprint density at radius 1 is 1.33 bits per heavy atom. The highest BCUT2D eigenvalue weighted by molar-refractivity contribution is 9.09. The molecule has 12 heavy (non-hydrogen) atoms. The summed E-state index contributed by atoms with van der Waals surface area (Å²) in [4.78, 5) is 2.46. The van der Waals surface area contributed by atoms with Crippen LogP contribution >= 0.6 is 15.9 Å². The van der Waals surface area contributed by atoms with Crippen LogP contribution in [-0.2, 0) is 6.54 Å². The van der Waals surface area contributed by atoms with E-state index in [2.05, 4.69) is 51.2 Å². The van der Waals surface area contributed by atoms with Crippen molar-refractivity contribution in [3.8, 4) is 0 Å². The summed E-state index contributed by atoms with van der Waals surface area (Å²) in [6, 6.07) is 11.4. The summed E-state index contributed by atoms with van der Waals surface area (Å²) in [5.74, 6) is 0. The van der Waals surface area contributed by atoms with Gasteiger partial charge in [-0.2, -0.15) is 0 Å². The third-order valence-electron chi connectivity index (χ3n) is 2.23. The predicted octanol–water partition coefficient (Wildman–Crippen LogP) is 2.27. The van der Waals surface area contributed by atoms with Crippen LogP contribution in [0.25, 0.3) is 0 Å². The molecular formula is C10H12BrN. The molecule has 2 atom stereocenters. The highest BCUT2D eigenvalue weighted by atomic mass is 79.9. The van der Waals surface area contributed by atoms with Crippen LogP contribution in [0.1, 0.15) is 5.56 Å². The van der Waals surface area contributed by atoms with E-state index in [1.54, 1.807) is 0 Å². The maximum atomic E-state index is 3.49. The Balaban J connectivity index is 1.89. The Bertz CT molecular complexity index is 247. The Labute approximate surface area is 81.5 Å². The fourth-order valence-corrected chi connectivity index (χ4v) is 2.00. The molecule has 0 aliphatic carbocycles. The van der Waals surface area contributed by atoms with Gasteiger partial charge < -0.3 is 0 Å². The van der Waals surface area contributed by atoms with E-state index >= 15 is 0 Å². The Hall–Kier alpha value is -0.340. The molecule has 0 amide bonds. The quantitative estimate of drug-likeness (QED) is 0.564. The van der Waals surface area contributed by atoms with Crippen molar-refractivity contribution in [2.24, 2.45) is 0 Å². The lowest BCUT2D eigenvalue weighted by molar-refractivity contribution is 0.518. The molecule has 1 saturated heterocycles. The largest absolute Gasteiger partial charge is 0.292 e. The maximum Gasteiger partial charge on any atom is 0.0324 e. The van der Waals surface area contributed by atoms with E-state index in [4.69, 9.17) is 0 Å². The molecule has 1 nitrogen and oxygen atoms in total. The first kappa shape index (κ1) is 8.27. The van der Waals surface area contributed by atoms with Gasteiger partial charge in [-0.05, 0) is 5.56 Å². The minimum Gasteiger partial charge on any atom is -0.292 e. The molecule has 64 valence electrons. The molecule has 1 aromatic carbocycles. The van der Waals surface area contributed by atoms with Gasteiger partial charge in [0.15, 0.2) is 0 Å². The number of hydrogen-bond donors (Lipinski definition) is 0. The molecule has 2 heteroatoms. The molecule has 0 bridgehead atoms. The average Bonchev–Trinajstić information content (AvgIpc) is 2.85. The second kappa shape index (κ2) is 3.58. The Kier molecular flexibility index (Phi) is 2.47. The summed E-state index contributed by atoms with van der Waals surface area (Å²) in [5, 5.41) is 1.11. The van der Waals surface area contributed by atoms with Crippen molar-refractivity contribution in [3.63, 3.8) is 0 Å². The van der Waals surface area contributed by atoms with Crippen LogP contribution in [0.4, 0.5) is 0 Å². The van der Waals surface area contributed by atoms with Gasteiger partial charge >= 0.3 is 0 Å². The normalized spacial score (nSPS) is 27.1. The number of alkyl halides is 1. The van der Waals surface area contributed by atoms with Crippen LogP contribution < -0.4 is 0 Å². The van der Waals surface area contributed by atoms with Crippen LogP contribution in [0.15, 0.2) is 30.3 Å². The van der Waals surface area contributed by atoms with Crippen molar-refractivity contribution in [1.29, 1.82) is 0 Å². The summed E-state index contributed by atoms with van der Waals surface area (Å²) in [6.45, 7) is 2.36. The van der Waals surface area contributed by atoms with Crippen LogP contribution in [0.3, 0.4) is 0 Å². The highest BCUT2D eigenvalue weighted by Crippen LogP contribution is 2.22. The average molecular weight is 226 g/mol. The summed E-state index contributed by atoms with van der Waals surface area (Å²) in [7, 11) is 0. The first-order valence-corrected chi connectivity index (χ1v) is 5.36. The lowest BCUT2D eigenvalue weighted by atomic mass is 10.2. The summed E-state index contributed by atoms with van der Waals surface area (Å²) >= 11 is 3.49. The SMILES string of the molecule is BrC[C@H]1CN1Cc1ccccc1. The molecule has 1 unspecified atom stereocenters. The zero-order valence-electron chi connectivity index (χ0n) is 6.91. The van der Waals surface area contributed by atoms with Crippen molar-refractivity contribution in [1.82, 2.24) is 4.90 Å². The first-order valence-electron chi connectivity index (χ1n) is 4.24. The Morgan fingerprint density at radius 3 is 2.67 bits per heavy atom. The second-order valence-electron chi connectivity index (χ2n) is 3.22. The van der Waals surface area contributed by atoms with E-state index in [-0.39, 0.29) is 0 Å². The minimum absolute atomic E-state index is 0.783. The number of halogens is 1. The molecule has 1 heterocycles. The van der Waals surface area contributed by atoms with Crippen LogP contribution in [-0.4, -0.2) is 22.8 Å². The number of nitrogens with zero attached hydrogens (tertiary/aromatic N) is 1. The van der Waals surface area contributed by atoms with E-state index in [1.165, 1.54) is 12.1 Å². The van der Waals surface area contributed by atoms with Gasteiger partial charge in [0.1, 0.15) is 0 Å². The van der Waals surface area contributed by atoms with Gasteiger partial charge in [0, 0.05) is 24.5 Å². The molecule has 0 N–H and O–H groups in total. The van der Waals surface area contributed by atoms with Crippen molar-refractivity contribution >= 4 is 15.9 Å². The van der Waals surface area contributed by atoms with Gasteiger partial charge in [-0.1, -0.05) is 46.3 Å². The van der Waals surface area contributed by atoms with Crippen LogP contribution in [0.5, 0.6) is 0 Å². The molecule has 0 saturated carbocycles. The van der Waals surface area contributed by atoms with Crippen LogP contribution in [0, 0.1) is 0 Å². The topological polar surface area (TPSA) is 3.01 Å². The van der Waals surface area contributed by atoms with E-state index in [9.17, 15) is 0 Å². The zero-order valence-corrected chi connectivity index (χ0v) is 8.50. The molecule has 1 aliphatic heterocycles. The summed E-state index contributed by atoms with van der Waals surface area (Å²) in [5.41, 5.74) is 1.42. The van der Waals surface area contributed by atoms with Crippen molar-refractivity contribution < 1.29 is 0 Å². The molecule has 1 aromatic rings. The summed E-state index contributed by atoms with van der Waals surface area (Å²) in [6.07, 6.45) is 0. The maximum absolute atomic E-state index is 3.49. The van der Waals surface area contributed by atoms with Gasteiger partial charge in [-0.3, -0.25) is 4.90 Å². The first-order chi connectivity index (χ1) is 5.90. The van der Waals surface area contributed by atoms with E-state index in [0.717, 1.165) is 17.9 Å². The minimum atomic E-state index is 0.783. The molecule has 2 rings (SSSR count). The highest BCUT2D eigenvalue weighted by Gasteiger charge is 2.31. The number of benzene rings is 1. The van der Waals surface area contributed by atoms with Gasteiger partial charge in [0.25, 0.3) is 0 Å². The third kappa shape index (κ3) is 1.87. The van der Waals surface area contributed by atoms with E-state index < -0.39 is 0 Å². The lowest BCUT2D eigenvalue weighted by Gasteiger charge is -2.01. The standard InChI is InChI=1S/C10H12BrN/c11-6-10-8-12(10)7-9-4-2-1-3-5-9/h1-5,10H,6-8H2/t10-,12?/m0/s1. The number of rotatable bonds is 3. The Morgan fingerprint density at radius 2 is 2.08 bits per heavy atom. The van der Waals surface area contributed by atoms with Crippen molar-refractivity contribution in [3.05, 3.63) is 35.9 Å².